The normalized spacial score (nSPS) is 15.1. The maximum atomic E-state index is 13.8. The van der Waals surface area contributed by atoms with Crippen molar-refractivity contribution >= 4 is 33.4 Å². The summed E-state index contributed by atoms with van der Waals surface area (Å²) in [5, 5.41) is 14.2. The Morgan fingerprint density at radius 2 is 1.68 bits per heavy atom. The van der Waals surface area contributed by atoms with E-state index >= 15 is 0 Å². The lowest BCUT2D eigenvalue weighted by Gasteiger charge is -2.28. The van der Waals surface area contributed by atoms with Gasteiger partial charge in [-0.1, -0.05) is 12.1 Å². The summed E-state index contributed by atoms with van der Waals surface area (Å²) in [4.78, 5) is 42.7. The molecule has 1 aliphatic rings. The van der Waals surface area contributed by atoms with Gasteiger partial charge in [0, 0.05) is 12.1 Å². The van der Waals surface area contributed by atoms with Crippen LogP contribution in [0.25, 0.3) is 0 Å². The number of hydrogen-bond acceptors (Lipinski definition) is 8. The molecule has 1 saturated heterocycles. The molecule has 0 aliphatic carbocycles. The highest BCUT2D eigenvalue weighted by atomic mass is 32.2. The summed E-state index contributed by atoms with van der Waals surface area (Å²) in [5.41, 5.74) is 1.59. The Kier molecular flexibility index (Phi) is 8.18. The van der Waals surface area contributed by atoms with Gasteiger partial charge in [0.05, 0.1) is 42.9 Å². The average molecular weight is 563 g/mol. The second kappa shape index (κ2) is 11.6. The van der Waals surface area contributed by atoms with E-state index in [0.717, 1.165) is 4.90 Å². The molecule has 4 rings (SSSR count). The second-order valence-electron chi connectivity index (χ2n) is 8.95. The maximum absolute atomic E-state index is 13.8. The summed E-state index contributed by atoms with van der Waals surface area (Å²) in [6, 6.07) is 17.4. The minimum atomic E-state index is -3.87. The zero-order valence-electron chi connectivity index (χ0n) is 21.7. The molecule has 3 aromatic rings. The number of methoxy groups -OCH3 is 2. The van der Waals surface area contributed by atoms with Gasteiger partial charge in [-0.3, -0.25) is 14.4 Å². The molecule has 3 aromatic carbocycles. The quantitative estimate of drug-likeness (QED) is 0.389. The zero-order valence-corrected chi connectivity index (χ0v) is 22.6. The van der Waals surface area contributed by atoms with E-state index < -0.39 is 33.8 Å². The Balaban J connectivity index is 1.66. The Bertz CT molecular complexity index is 1600. The highest BCUT2D eigenvalue weighted by Gasteiger charge is 2.44. The van der Waals surface area contributed by atoms with E-state index in [1.807, 2.05) is 6.07 Å². The van der Waals surface area contributed by atoms with E-state index in [1.54, 1.807) is 18.2 Å². The van der Waals surface area contributed by atoms with Gasteiger partial charge in [-0.15, -0.1) is 0 Å². The Morgan fingerprint density at radius 1 is 1.02 bits per heavy atom. The zero-order chi connectivity index (χ0) is 29.0. The number of imide groups is 1. The number of hydrogen-bond donors (Lipinski definition) is 1. The number of benzene rings is 3. The number of ether oxygens (including phenoxy) is 2. The number of rotatable bonds is 9. The van der Waals surface area contributed by atoms with Crippen LogP contribution in [0.3, 0.4) is 0 Å². The number of nitriles is 1. The van der Waals surface area contributed by atoms with Crippen LogP contribution in [0.4, 0.5) is 5.69 Å². The summed E-state index contributed by atoms with van der Waals surface area (Å²) < 4.78 is 33.8. The van der Waals surface area contributed by atoms with Crippen LogP contribution in [0.5, 0.6) is 11.5 Å². The van der Waals surface area contributed by atoms with Gasteiger partial charge in [0.1, 0.15) is 6.04 Å². The molecule has 206 valence electrons. The molecule has 2 N–H and O–H groups in total. The molecule has 12 heteroatoms. The maximum Gasteiger partial charge on any atom is 0.257 e. The molecule has 40 heavy (non-hydrogen) atoms. The van der Waals surface area contributed by atoms with Crippen LogP contribution in [0.15, 0.2) is 71.6 Å². The molecule has 1 fully saturated rings. The fourth-order valence-corrected chi connectivity index (χ4v) is 4.96. The number of nitrogens with zero attached hydrogens (tertiary/aromatic N) is 3. The highest BCUT2D eigenvalue weighted by Crippen LogP contribution is 2.31. The molecule has 0 aromatic heterocycles. The van der Waals surface area contributed by atoms with E-state index in [1.165, 1.54) is 67.7 Å². The van der Waals surface area contributed by atoms with Crippen LogP contribution in [-0.4, -0.2) is 57.8 Å². The number of carbonyl (C=O) groups is 3. The molecular weight excluding hydrogens is 536 g/mol. The molecule has 0 radical (unpaired) electrons. The van der Waals surface area contributed by atoms with Crippen molar-refractivity contribution in [2.45, 2.75) is 23.8 Å². The highest BCUT2D eigenvalue weighted by molar-refractivity contribution is 7.89. The SMILES string of the molecule is COc1ccc(C(=O)N(CCc2ccc(S(N)(=O)=O)cc2)C2CC(=O)N(c3ccc(C#N)cc3)C2=O)cc1OC. The number of amides is 3. The Hall–Kier alpha value is -4.73. The third kappa shape index (κ3) is 5.80. The monoisotopic (exact) mass is 562 g/mol. The van der Waals surface area contributed by atoms with Crippen molar-refractivity contribution in [3.63, 3.8) is 0 Å². The van der Waals surface area contributed by atoms with Crippen LogP contribution in [0, 0.1) is 11.3 Å². The molecule has 1 aliphatic heterocycles. The van der Waals surface area contributed by atoms with E-state index in [4.69, 9.17) is 19.9 Å². The van der Waals surface area contributed by atoms with E-state index in [-0.39, 0.29) is 29.8 Å². The van der Waals surface area contributed by atoms with Crippen molar-refractivity contribution in [1.29, 1.82) is 5.26 Å². The van der Waals surface area contributed by atoms with Gasteiger partial charge in [0.2, 0.25) is 15.9 Å². The molecule has 1 heterocycles. The third-order valence-electron chi connectivity index (χ3n) is 6.54. The number of primary sulfonamides is 1. The van der Waals surface area contributed by atoms with Crippen LogP contribution in [-0.2, 0) is 26.0 Å². The van der Waals surface area contributed by atoms with Crippen molar-refractivity contribution in [2.75, 3.05) is 25.7 Å². The average Bonchev–Trinajstić information content (AvgIpc) is 3.25. The van der Waals surface area contributed by atoms with Gasteiger partial charge in [-0.05, 0) is 66.6 Å². The first-order valence-corrected chi connectivity index (χ1v) is 13.6. The van der Waals surface area contributed by atoms with Gasteiger partial charge in [-0.2, -0.15) is 5.26 Å². The van der Waals surface area contributed by atoms with E-state index in [9.17, 15) is 22.8 Å². The van der Waals surface area contributed by atoms with Crippen molar-refractivity contribution in [3.8, 4) is 17.6 Å². The van der Waals surface area contributed by atoms with Crippen molar-refractivity contribution in [2.24, 2.45) is 5.14 Å². The fourth-order valence-electron chi connectivity index (χ4n) is 4.45. The van der Waals surface area contributed by atoms with Crippen molar-refractivity contribution in [1.82, 2.24) is 4.90 Å². The molecule has 0 saturated carbocycles. The van der Waals surface area contributed by atoms with Crippen LogP contribution in [0.2, 0.25) is 0 Å². The topological polar surface area (TPSA) is 160 Å². The third-order valence-corrected chi connectivity index (χ3v) is 7.47. The van der Waals surface area contributed by atoms with Gasteiger partial charge in [-0.25, -0.2) is 18.5 Å². The van der Waals surface area contributed by atoms with Gasteiger partial charge in [0.25, 0.3) is 11.8 Å². The Morgan fingerprint density at radius 3 is 2.25 bits per heavy atom. The minimum absolute atomic E-state index is 0.0484. The van der Waals surface area contributed by atoms with Gasteiger partial charge >= 0.3 is 0 Å². The van der Waals surface area contributed by atoms with Gasteiger partial charge < -0.3 is 14.4 Å². The minimum Gasteiger partial charge on any atom is -0.493 e. The van der Waals surface area contributed by atoms with Crippen molar-refractivity contribution in [3.05, 3.63) is 83.4 Å². The molecular formula is C28H26N4O7S. The standard InChI is InChI=1S/C28H26N4O7S/c1-38-24-12-7-20(15-25(24)39-2)27(34)31(14-13-18-5-10-22(11-6-18)40(30,36)37)23-16-26(33)32(28(23)35)21-8-3-19(17-29)4-9-21/h3-12,15,23H,13-14,16H2,1-2H3,(H2,30,36,37). The number of sulfonamides is 1. The first kappa shape index (κ1) is 28.3. The molecule has 0 spiro atoms. The van der Waals surface area contributed by atoms with Crippen LogP contribution < -0.4 is 19.5 Å². The predicted molar refractivity (Wildman–Crippen MR) is 144 cm³/mol. The van der Waals surface area contributed by atoms with E-state index in [0.29, 0.717) is 28.3 Å². The lowest BCUT2D eigenvalue weighted by Crippen LogP contribution is -2.46. The number of anilines is 1. The number of nitrogens with two attached hydrogens (primary N) is 1. The van der Waals surface area contributed by atoms with Crippen LogP contribution in [0.1, 0.15) is 27.9 Å². The Labute approximate surface area is 231 Å². The first-order valence-electron chi connectivity index (χ1n) is 12.1. The van der Waals surface area contributed by atoms with Crippen molar-refractivity contribution < 1.29 is 32.3 Å². The predicted octanol–water partition coefficient (Wildman–Crippen LogP) is 2.24. The lowest BCUT2D eigenvalue weighted by molar-refractivity contribution is -0.122. The summed E-state index contributed by atoms with van der Waals surface area (Å²) >= 11 is 0. The summed E-state index contributed by atoms with van der Waals surface area (Å²) in [5.74, 6) is -0.829. The molecule has 11 nitrogen and oxygen atoms in total. The summed E-state index contributed by atoms with van der Waals surface area (Å²) in [7, 11) is -0.968. The van der Waals surface area contributed by atoms with Crippen LogP contribution >= 0.6 is 0 Å². The molecule has 1 unspecified atom stereocenters. The first-order chi connectivity index (χ1) is 19.1. The largest absolute Gasteiger partial charge is 0.493 e. The lowest BCUT2D eigenvalue weighted by atomic mass is 10.1. The molecule has 0 bridgehead atoms. The van der Waals surface area contributed by atoms with E-state index in [2.05, 4.69) is 0 Å². The number of carbonyl (C=O) groups excluding carboxylic acids is 3. The fraction of sp³-hybridized carbons (Fsp3) is 0.214. The summed E-state index contributed by atoms with van der Waals surface area (Å²) in [6.07, 6.45) is 0.0288. The second-order valence-corrected chi connectivity index (χ2v) is 10.5. The summed E-state index contributed by atoms with van der Waals surface area (Å²) in [6.45, 7) is 0.0484. The molecule has 1 atom stereocenters. The van der Waals surface area contributed by atoms with Gasteiger partial charge in [0.15, 0.2) is 11.5 Å². The molecule has 3 amide bonds. The smallest absolute Gasteiger partial charge is 0.257 e.